The number of benzene rings is 1. The van der Waals surface area contributed by atoms with Crippen LogP contribution in [0.2, 0.25) is 0 Å². The first-order valence-electron chi connectivity index (χ1n) is 5.16. The first kappa shape index (κ1) is 13.1. The van der Waals surface area contributed by atoms with Crippen LogP contribution in [0.15, 0.2) is 28.9 Å². The van der Waals surface area contributed by atoms with E-state index < -0.39 is 18.0 Å². The lowest BCUT2D eigenvalue weighted by molar-refractivity contribution is -0.157. The lowest BCUT2D eigenvalue weighted by Gasteiger charge is -2.03. The minimum Gasteiger partial charge on any atom is -0.478 e. The van der Waals surface area contributed by atoms with Crippen LogP contribution in [0, 0.1) is 6.92 Å². The summed E-state index contributed by atoms with van der Waals surface area (Å²) in [6.45, 7) is 1.59. The van der Waals surface area contributed by atoms with E-state index >= 15 is 0 Å². The van der Waals surface area contributed by atoms with Crippen molar-refractivity contribution >= 4 is 5.97 Å². The molecule has 0 bridgehead atoms. The molecule has 19 heavy (non-hydrogen) atoms. The van der Waals surface area contributed by atoms with Crippen LogP contribution in [-0.2, 0) is 6.18 Å². The molecule has 0 aliphatic heterocycles. The summed E-state index contributed by atoms with van der Waals surface area (Å²) in [6.07, 6.45) is -3.82. The number of aryl methyl sites for hydroxylation is 1. The molecule has 0 unspecified atom stereocenters. The van der Waals surface area contributed by atoms with Gasteiger partial charge in [-0.15, -0.1) is 0 Å². The van der Waals surface area contributed by atoms with Gasteiger partial charge in [-0.2, -0.15) is 13.2 Å². The molecule has 0 spiro atoms. The Kier molecular flexibility index (Phi) is 3.05. The molecule has 7 heteroatoms. The Bertz CT molecular complexity index is 631. The van der Waals surface area contributed by atoms with Gasteiger partial charge < -0.3 is 9.52 Å². The highest BCUT2D eigenvalue weighted by Gasteiger charge is 2.37. The molecule has 0 amide bonds. The van der Waals surface area contributed by atoms with E-state index in [2.05, 4.69) is 9.40 Å². The van der Waals surface area contributed by atoms with E-state index in [4.69, 9.17) is 5.11 Å². The standard InChI is InChI=1S/C12H8F3NO3/c1-6-2-3-7(4-8(6)10(17)18)9-5-19-11(16-9)12(13,14)15/h2-5H,1H3,(H,17,18). The van der Waals surface area contributed by atoms with Crippen molar-refractivity contribution in [2.24, 2.45) is 0 Å². The summed E-state index contributed by atoms with van der Waals surface area (Å²) >= 11 is 0. The normalized spacial score (nSPS) is 11.6. The molecule has 0 atom stereocenters. The van der Waals surface area contributed by atoms with E-state index in [9.17, 15) is 18.0 Å². The number of carboxylic acid groups (broad SMARTS) is 1. The van der Waals surface area contributed by atoms with Crippen molar-refractivity contribution in [2.75, 3.05) is 0 Å². The largest absolute Gasteiger partial charge is 0.478 e. The number of nitrogens with zero attached hydrogens (tertiary/aromatic N) is 1. The van der Waals surface area contributed by atoms with Gasteiger partial charge >= 0.3 is 18.0 Å². The summed E-state index contributed by atoms with van der Waals surface area (Å²) in [7, 11) is 0. The van der Waals surface area contributed by atoms with Gasteiger partial charge in [0.15, 0.2) is 0 Å². The minimum absolute atomic E-state index is 0.00839. The van der Waals surface area contributed by atoms with E-state index in [1.807, 2.05) is 0 Å². The number of hydrogen-bond acceptors (Lipinski definition) is 3. The second-order valence-corrected chi connectivity index (χ2v) is 3.87. The lowest BCUT2D eigenvalue weighted by Crippen LogP contribution is -2.05. The molecule has 0 saturated carbocycles. The van der Waals surface area contributed by atoms with Crippen LogP contribution in [-0.4, -0.2) is 16.1 Å². The molecule has 0 aliphatic rings. The van der Waals surface area contributed by atoms with Gasteiger partial charge in [0.05, 0.1) is 5.56 Å². The summed E-state index contributed by atoms with van der Waals surface area (Å²) in [4.78, 5) is 14.2. The summed E-state index contributed by atoms with van der Waals surface area (Å²) in [5, 5.41) is 8.95. The predicted molar refractivity (Wildman–Crippen MR) is 58.6 cm³/mol. The second-order valence-electron chi connectivity index (χ2n) is 3.87. The van der Waals surface area contributed by atoms with E-state index in [0.717, 1.165) is 6.26 Å². The van der Waals surface area contributed by atoms with Gasteiger partial charge in [-0.25, -0.2) is 9.78 Å². The molecule has 1 N–H and O–H groups in total. The van der Waals surface area contributed by atoms with Gasteiger partial charge in [-0.3, -0.25) is 0 Å². The Morgan fingerprint density at radius 1 is 1.37 bits per heavy atom. The van der Waals surface area contributed by atoms with Crippen LogP contribution in [0.3, 0.4) is 0 Å². The second kappa shape index (κ2) is 4.42. The van der Waals surface area contributed by atoms with Crippen LogP contribution in [0.4, 0.5) is 13.2 Å². The number of carbonyl (C=O) groups is 1. The van der Waals surface area contributed by atoms with Crippen LogP contribution >= 0.6 is 0 Å². The zero-order chi connectivity index (χ0) is 14.2. The fraction of sp³-hybridized carbons (Fsp3) is 0.167. The third-order valence-electron chi connectivity index (χ3n) is 2.51. The first-order chi connectivity index (χ1) is 8.79. The molecule has 0 saturated heterocycles. The number of halogens is 3. The van der Waals surface area contributed by atoms with Crippen LogP contribution in [0.25, 0.3) is 11.3 Å². The molecule has 0 radical (unpaired) electrons. The van der Waals surface area contributed by atoms with Crippen LogP contribution in [0.5, 0.6) is 0 Å². The van der Waals surface area contributed by atoms with Gasteiger partial charge in [0.2, 0.25) is 0 Å². The topological polar surface area (TPSA) is 63.3 Å². The molecule has 1 heterocycles. The van der Waals surface area contributed by atoms with Crippen molar-refractivity contribution in [3.05, 3.63) is 41.5 Å². The van der Waals surface area contributed by atoms with Crippen LogP contribution < -0.4 is 0 Å². The fourth-order valence-corrected chi connectivity index (χ4v) is 1.55. The highest BCUT2D eigenvalue weighted by Crippen LogP contribution is 2.31. The van der Waals surface area contributed by atoms with E-state index in [-0.39, 0.29) is 16.8 Å². The minimum atomic E-state index is -4.67. The van der Waals surface area contributed by atoms with Gasteiger partial charge in [-0.1, -0.05) is 12.1 Å². The maximum absolute atomic E-state index is 12.3. The zero-order valence-electron chi connectivity index (χ0n) is 9.65. The van der Waals surface area contributed by atoms with Crippen molar-refractivity contribution in [1.29, 1.82) is 0 Å². The van der Waals surface area contributed by atoms with Gasteiger partial charge in [0.25, 0.3) is 0 Å². The Morgan fingerprint density at radius 3 is 2.58 bits per heavy atom. The van der Waals surface area contributed by atoms with E-state index in [0.29, 0.717) is 5.56 Å². The van der Waals surface area contributed by atoms with Crippen molar-refractivity contribution in [3.8, 4) is 11.3 Å². The highest BCUT2D eigenvalue weighted by molar-refractivity contribution is 5.90. The summed E-state index contributed by atoms with van der Waals surface area (Å²) in [5.41, 5.74) is 0.710. The summed E-state index contributed by atoms with van der Waals surface area (Å²) < 4.78 is 41.3. The number of aromatic carboxylic acids is 1. The Hall–Kier alpha value is -2.31. The highest BCUT2D eigenvalue weighted by atomic mass is 19.4. The Morgan fingerprint density at radius 2 is 2.05 bits per heavy atom. The molecule has 4 nitrogen and oxygen atoms in total. The SMILES string of the molecule is Cc1ccc(-c2coc(C(F)(F)F)n2)cc1C(=O)O. The quantitative estimate of drug-likeness (QED) is 0.909. The molecule has 1 aromatic heterocycles. The smallest absolute Gasteiger partial charge is 0.468 e. The number of oxazole rings is 1. The lowest BCUT2D eigenvalue weighted by atomic mass is 10.0. The van der Waals surface area contributed by atoms with Crippen molar-refractivity contribution < 1.29 is 27.5 Å². The molecule has 0 aliphatic carbocycles. The third-order valence-corrected chi connectivity index (χ3v) is 2.51. The number of carboxylic acids is 1. The molecular weight excluding hydrogens is 263 g/mol. The van der Waals surface area contributed by atoms with Gasteiger partial charge in [0, 0.05) is 5.56 Å². The number of rotatable bonds is 2. The zero-order valence-corrected chi connectivity index (χ0v) is 9.65. The maximum Gasteiger partial charge on any atom is 0.468 e. The predicted octanol–water partition coefficient (Wildman–Crippen LogP) is 3.37. The number of aromatic nitrogens is 1. The molecule has 100 valence electrons. The Labute approximate surface area is 105 Å². The van der Waals surface area contributed by atoms with E-state index in [1.54, 1.807) is 6.92 Å². The molecule has 2 rings (SSSR count). The summed E-state index contributed by atoms with van der Waals surface area (Å²) in [5.74, 6) is -2.51. The molecule has 0 fully saturated rings. The van der Waals surface area contributed by atoms with Crippen LogP contribution in [0.1, 0.15) is 21.8 Å². The van der Waals surface area contributed by atoms with Gasteiger partial charge in [-0.05, 0) is 18.6 Å². The van der Waals surface area contributed by atoms with E-state index in [1.165, 1.54) is 18.2 Å². The van der Waals surface area contributed by atoms with Crippen molar-refractivity contribution in [1.82, 2.24) is 4.98 Å². The van der Waals surface area contributed by atoms with Crippen molar-refractivity contribution in [3.63, 3.8) is 0 Å². The average molecular weight is 271 g/mol. The Balaban J connectivity index is 2.45. The fourth-order valence-electron chi connectivity index (χ4n) is 1.55. The number of hydrogen-bond donors (Lipinski definition) is 1. The maximum atomic E-state index is 12.3. The van der Waals surface area contributed by atoms with Gasteiger partial charge in [0.1, 0.15) is 12.0 Å². The summed E-state index contributed by atoms with van der Waals surface area (Å²) in [6, 6.07) is 4.25. The molecule has 1 aromatic carbocycles. The monoisotopic (exact) mass is 271 g/mol. The third kappa shape index (κ3) is 2.59. The molecular formula is C12H8F3NO3. The number of alkyl halides is 3. The van der Waals surface area contributed by atoms with Crippen molar-refractivity contribution in [2.45, 2.75) is 13.1 Å². The molecule has 2 aromatic rings. The average Bonchev–Trinajstić information content (AvgIpc) is 2.78. The first-order valence-corrected chi connectivity index (χ1v) is 5.16.